The smallest absolute Gasteiger partial charge is 0.404 e. The molecule has 0 aliphatic carbocycles. The van der Waals surface area contributed by atoms with E-state index < -0.39 is 6.09 Å². The first-order chi connectivity index (χ1) is 7.11. The van der Waals surface area contributed by atoms with Crippen LogP contribution in [0.15, 0.2) is 30.3 Å². The molecule has 1 aromatic carbocycles. The highest BCUT2D eigenvalue weighted by molar-refractivity contribution is 5.64. The molecule has 0 aliphatic rings. The Hall–Kier alpha value is -1.51. The Morgan fingerprint density at radius 3 is 2.47 bits per heavy atom. The first-order valence-electron chi connectivity index (χ1n) is 5.13. The summed E-state index contributed by atoms with van der Waals surface area (Å²) in [5, 5.41) is 10.9. The van der Waals surface area contributed by atoms with Crippen LogP contribution in [0.25, 0.3) is 0 Å². The quantitative estimate of drug-likeness (QED) is 0.797. The highest BCUT2D eigenvalue weighted by atomic mass is 16.4. The van der Waals surface area contributed by atoms with Gasteiger partial charge in [-0.1, -0.05) is 44.2 Å². The maximum Gasteiger partial charge on any atom is 0.404 e. The van der Waals surface area contributed by atoms with Gasteiger partial charge in [-0.3, -0.25) is 0 Å². The van der Waals surface area contributed by atoms with Gasteiger partial charge >= 0.3 is 6.09 Å². The fourth-order valence-corrected chi connectivity index (χ4v) is 1.51. The van der Waals surface area contributed by atoms with Crippen LogP contribution in [0.3, 0.4) is 0 Å². The third-order valence-corrected chi connectivity index (χ3v) is 2.75. The van der Waals surface area contributed by atoms with Crippen molar-refractivity contribution < 1.29 is 9.90 Å². The van der Waals surface area contributed by atoms with E-state index in [0.717, 1.165) is 0 Å². The van der Waals surface area contributed by atoms with Crippen molar-refractivity contribution >= 4 is 6.09 Å². The van der Waals surface area contributed by atoms with Crippen LogP contribution < -0.4 is 5.32 Å². The Morgan fingerprint density at radius 1 is 1.33 bits per heavy atom. The van der Waals surface area contributed by atoms with Crippen molar-refractivity contribution in [1.29, 1.82) is 0 Å². The molecule has 2 N–H and O–H groups in total. The largest absolute Gasteiger partial charge is 0.465 e. The van der Waals surface area contributed by atoms with Gasteiger partial charge in [0.1, 0.15) is 0 Å². The van der Waals surface area contributed by atoms with Crippen molar-refractivity contribution in [1.82, 2.24) is 5.32 Å². The Balaban J connectivity index is 2.53. The molecular weight excluding hydrogens is 190 g/mol. The number of hydrogen-bond donors (Lipinski definition) is 2. The molecule has 3 heteroatoms. The van der Waals surface area contributed by atoms with Gasteiger partial charge in [-0.15, -0.1) is 0 Å². The molecule has 1 rings (SSSR count). The molecule has 0 bridgehead atoms. The molecule has 0 fully saturated rings. The molecule has 0 aromatic heterocycles. The molecule has 3 nitrogen and oxygen atoms in total. The van der Waals surface area contributed by atoms with Crippen molar-refractivity contribution in [2.24, 2.45) is 5.92 Å². The van der Waals surface area contributed by atoms with Crippen molar-refractivity contribution in [2.75, 3.05) is 6.54 Å². The van der Waals surface area contributed by atoms with Crippen molar-refractivity contribution in [3.63, 3.8) is 0 Å². The predicted octanol–water partition coefficient (Wildman–Crippen LogP) is 2.69. The molecule has 0 saturated heterocycles. The van der Waals surface area contributed by atoms with Gasteiger partial charge in [-0.05, 0) is 17.4 Å². The second kappa shape index (κ2) is 5.39. The first-order valence-corrected chi connectivity index (χ1v) is 5.13. The maximum atomic E-state index is 10.4. The highest BCUT2D eigenvalue weighted by Crippen LogP contribution is 2.22. The Labute approximate surface area is 90.1 Å². The van der Waals surface area contributed by atoms with E-state index in [9.17, 15) is 4.79 Å². The van der Waals surface area contributed by atoms with Gasteiger partial charge in [0.25, 0.3) is 0 Å². The minimum atomic E-state index is -0.956. The van der Waals surface area contributed by atoms with Crippen LogP contribution >= 0.6 is 0 Å². The summed E-state index contributed by atoms with van der Waals surface area (Å²) in [6.45, 7) is 4.66. The minimum Gasteiger partial charge on any atom is -0.465 e. The molecule has 2 unspecified atom stereocenters. The summed E-state index contributed by atoms with van der Waals surface area (Å²) in [5.74, 6) is 0.654. The van der Waals surface area contributed by atoms with E-state index in [0.29, 0.717) is 18.4 Å². The summed E-state index contributed by atoms with van der Waals surface area (Å²) in [6.07, 6.45) is -0.956. The van der Waals surface area contributed by atoms with Crippen molar-refractivity contribution in [2.45, 2.75) is 19.8 Å². The number of nitrogens with one attached hydrogen (secondary N) is 1. The zero-order valence-corrected chi connectivity index (χ0v) is 9.10. The number of rotatable bonds is 4. The lowest BCUT2D eigenvalue weighted by Gasteiger charge is -2.19. The zero-order valence-electron chi connectivity index (χ0n) is 9.10. The molecule has 0 heterocycles. The second-order valence-corrected chi connectivity index (χ2v) is 3.86. The maximum absolute atomic E-state index is 10.4. The highest BCUT2D eigenvalue weighted by Gasteiger charge is 2.14. The van der Waals surface area contributed by atoms with Gasteiger partial charge in [0.2, 0.25) is 0 Å². The lowest BCUT2D eigenvalue weighted by molar-refractivity contribution is 0.192. The van der Waals surface area contributed by atoms with Crippen molar-refractivity contribution in [3.05, 3.63) is 35.9 Å². The number of carbonyl (C=O) groups is 1. The summed E-state index contributed by atoms with van der Waals surface area (Å²) >= 11 is 0. The van der Waals surface area contributed by atoms with E-state index in [4.69, 9.17) is 5.11 Å². The SMILES string of the molecule is CC(CNC(=O)O)C(C)c1ccccc1. The fraction of sp³-hybridized carbons (Fsp3) is 0.417. The van der Waals surface area contributed by atoms with Gasteiger partial charge in [0.15, 0.2) is 0 Å². The molecule has 1 amide bonds. The molecular formula is C12H17NO2. The molecule has 0 radical (unpaired) electrons. The second-order valence-electron chi connectivity index (χ2n) is 3.86. The van der Waals surface area contributed by atoms with Gasteiger partial charge in [-0.2, -0.15) is 0 Å². The van der Waals surface area contributed by atoms with Crippen molar-refractivity contribution in [3.8, 4) is 0 Å². The summed E-state index contributed by atoms with van der Waals surface area (Å²) in [6, 6.07) is 10.1. The van der Waals surface area contributed by atoms with Gasteiger partial charge in [0.05, 0.1) is 0 Å². The molecule has 82 valence electrons. The number of benzene rings is 1. The van der Waals surface area contributed by atoms with Crippen LogP contribution in [-0.2, 0) is 0 Å². The van der Waals surface area contributed by atoms with Crippen LogP contribution in [-0.4, -0.2) is 17.7 Å². The van der Waals surface area contributed by atoms with Gasteiger partial charge in [-0.25, -0.2) is 4.79 Å². The lowest BCUT2D eigenvalue weighted by Crippen LogP contribution is -2.28. The van der Waals surface area contributed by atoms with Gasteiger partial charge < -0.3 is 10.4 Å². The van der Waals surface area contributed by atoms with Crippen LogP contribution in [0.2, 0.25) is 0 Å². The van der Waals surface area contributed by atoms with E-state index >= 15 is 0 Å². The van der Waals surface area contributed by atoms with Crippen LogP contribution in [0, 0.1) is 5.92 Å². The number of carboxylic acid groups (broad SMARTS) is 1. The average molecular weight is 207 g/mol. The standard InChI is InChI=1S/C12H17NO2/c1-9(8-13-12(14)15)10(2)11-6-4-3-5-7-11/h3-7,9-10,13H,8H2,1-2H3,(H,14,15). The Bertz CT molecular complexity index is 311. The summed E-state index contributed by atoms with van der Waals surface area (Å²) in [7, 11) is 0. The molecule has 0 saturated carbocycles. The summed E-state index contributed by atoms with van der Waals surface area (Å²) in [4.78, 5) is 10.4. The molecule has 0 aliphatic heterocycles. The molecule has 0 spiro atoms. The van der Waals surface area contributed by atoms with E-state index in [-0.39, 0.29) is 0 Å². The number of amides is 1. The average Bonchev–Trinajstić information content (AvgIpc) is 2.26. The Morgan fingerprint density at radius 2 is 1.93 bits per heavy atom. The normalized spacial score (nSPS) is 14.3. The van der Waals surface area contributed by atoms with Gasteiger partial charge in [0, 0.05) is 6.54 Å². The third kappa shape index (κ3) is 3.62. The summed E-state index contributed by atoms with van der Waals surface area (Å²) in [5.41, 5.74) is 1.25. The first kappa shape index (κ1) is 11.6. The van der Waals surface area contributed by atoms with Crippen LogP contribution in [0.4, 0.5) is 4.79 Å². The Kier molecular flexibility index (Phi) is 4.16. The fourth-order valence-electron chi connectivity index (χ4n) is 1.51. The molecule has 2 atom stereocenters. The number of hydrogen-bond acceptors (Lipinski definition) is 1. The zero-order chi connectivity index (χ0) is 11.3. The minimum absolute atomic E-state index is 0.295. The molecule has 1 aromatic rings. The molecule has 15 heavy (non-hydrogen) atoms. The summed E-state index contributed by atoms with van der Waals surface area (Å²) < 4.78 is 0. The van der Waals surface area contributed by atoms with E-state index in [1.165, 1.54) is 5.56 Å². The third-order valence-electron chi connectivity index (χ3n) is 2.75. The lowest BCUT2D eigenvalue weighted by atomic mass is 9.89. The van der Waals surface area contributed by atoms with E-state index in [1.807, 2.05) is 25.1 Å². The topological polar surface area (TPSA) is 49.3 Å². The van der Waals surface area contributed by atoms with E-state index in [2.05, 4.69) is 24.4 Å². The van der Waals surface area contributed by atoms with Crippen LogP contribution in [0.1, 0.15) is 25.3 Å². The monoisotopic (exact) mass is 207 g/mol. The van der Waals surface area contributed by atoms with Crippen LogP contribution in [0.5, 0.6) is 0 Å². The van der Waals surface area contributed by atoms with E-state index in [1.54, 1.807) is 0 Å². The predicted molar refractivity (Wildman–Crippen MR) is 60.0 cm³/mol.